The molecule has 4 aromatic rings. The van der Waals surface area contributed by atoms with E-state index < -0.39 is 11.6 Å². The molecule has 3 nitrogen and oxygen atoms in total. The molecule has 4 rings (SSSR count). The molecule has 0 aliphatic carbocycles. The Bertz CT molecular complexity index is 1130. The number of para-hydroxylation sites is 1. The van der Waals surface area contributed by atoms with Crippen molar-refractivity contribution in [3.8, 4) is 11.4 Å². The second-order valence-corrected chi connectivity index (χ2v) is 7.11. The highest BCUT2D eigenvalue weighted by Crippen LogP contribution is 2.27. The van der Waals surface area contributed by atoms with Crippen LogP contribution < -0.4 is 5.32 Å². The van der Waals surface area contributed by atoms with Gasteiger partial charge < -0.3 is 5.32 Å². The second-order valence-electron chi connectivity index (χ2n) is 7.11. The smallest absolute Gasteiger partial charge is 0.165 e. The van der Waals surface area contributed by atoms with E-state index in [4.69, 9.17) is 0 Å². The summed E-state index contributed by atoms with van der Waals surface area (Å²) in [5, 5.41) is 4.31. The molecule has 0 aliphatic heterocycles. The fourth-order valence-corrected chi connectivity index (χ4v) is 3.31. The van der Waals surface area contributed by atoms with Crippen LogP contribution in [0.5, 0.6) is 0 Å². The quantitative estimate of drug-likeness (QED) is 0.439. The number of nitrogens with zero attached hydrogens (tertiary/aromatic N) is 2. The minimum Gasteiger partial charge on any atom is -0.367 e. The van der Waals surface area contributed by atoms with Gasteiger partial charge in [-0.3, -0.25) is 0 Å². The summed E-state index contributed by atoms with van der Waals surface area (Å²) in [6.45, 7) is 2.10. The maximum atomic E-state index is 14.3. The number of fused-ring (bicyclic) bond motifs is 1. The molecular weight excluding hydrogens is 368 g/mol. The van der Waals surface area contributed by atoms with Gasteiger partial charge in [0.2, 0.25) is 0 Å². The normalized spacial score (nSPS) is 12.1. The molecule has 0 bridgehead atoms. The van der Waals surface area contributed by atoms with Crippen LogP contribution in [0.4, 0.5) is 14.6 Å². The summed E-state index contributed by atoms with van der Waals surface area (Å²) in [5.74, 6) is -0.419. The van der Waals surface area contributed by atoms with E-state index in [-0.39, 0.29) is 17.4 Å². The Kier molecular flexibility index (Phi) is 5.47. The van der Waals surface area contributed by atoms with Crippen molar-refractivity contribution in [2.75, 3.05) is 5.32 Å². The zero-order valence-corrected chi connectivity index (χ0v) is 16.1. The van der Waals surface area contributed by atoms with Gasteiger partial charge in [0.1, 0.15) is 17.5 Å². The van der Waals surface area contributed by atoms with Gasteiger partial charge in [-0.25, -0.2) is 18.7 Å². The Balaban J connectivity index is 1.64. The van der Waals surface area contributed by atoms with Crippen LogP contribution >= 0.6 is 0 Å². The first kappa shape index (κ1) is 19.0. The first-order valence-electron chi connectivity index (χ1n) is 9.63. The van der Waals surface area contributed by atoms with Gasteiger partial charge in [0.05, 0.1) is 11.1 Å². The highest BCUT2D eigenvalue weighted by Gasteiger charge is 2.14. The zero-order valence-electron chi connectivity index (χ0n) is 16.1. The molecule has 0 fully saturated rings. The molecule has 0 aliphatic rings. The molecule has 3 aromatic carbocycles. The summed E-state index contributed by atoms with van der Waals surface area (Å²) in [7, 11) is 0. The van der Waals surface area contributed by atoms with Crippen LogP contribution in [-0.2, 0) is 6.42 Å². The van der Waals surface area contributed by atoms with Crippen LogP contribution in [0.1, 0.15) is 18.9 Å². The van der Waals surface area contributed by atoms with E-state index in [2.05, 4.69) is 34.3 Å². The van der Waals surface area contributed by atoms with Gasteiger partial charge >= 0.3 is 0 Å². The number of aryl methyl sites for hydroxylation is 1. The van der Waals surface area contributed by atoms with Gasteiger partial charge in [-0.15, -0.1) is 0 Å². The summed E-state index contributed by atoms with van der Waals surface area (Å²) < 4.78 is 27.6. The summed E-state index contributed by atoms with van der Waals surface area (Å²) in [6.07, 6.45) is 1.86. The van der Waals surface area contributed by atoms with E-state index in [1.165, 1.54) is 17.7 Å². The first-order chi connectivity index (χ1) is 14.1. The molecule has 0 saturated carbocycles. The van der Waals surface area contributed by atoms with E-state index in [9.17, 15) is 8.78 Å². The van der Waals surface area contributed by atoms with Crippen LogP contribution in [0.25, 0.3) is 22.3 Å². The van der Waals surface area contributed by atoms with Crippen molar-refractivity contribution >= 4 is 16.7 Å². The lowest BCUT2D eigenvalue weighted by Crippen LogP contribution is -2.17. The Labute approximate surface area is 168 Å². The number of hydrogen-bond acceptors (Lipinski definition) is 3. The molecule has 1 atom stereocenters. The van der Waals surface area contributed by atoms with Crippen LogP contribution in [-0.4, -0.2) is 16.0 Å². The fourth-order valence-electron chi connectivity index (χ4n) is 3.31. The summed E-state index contributed by atoms with van der Waals surface area (Å²) in [5.41, 5.74) is 2.17. The number of aromatic nitrogens is 2. The Morgan fingerprint density at radius 2 is 1.66 bits per heavy atom. The van der Waals surface area contributed by atoms with E-state index in [0.29, 0.717) is 11.3 Å². The Hall–Kier alpha value is -3.34. The maximum Gasteiger partial charge on any atom is 0.165 e. The number of nitrogens with one attached hydrogen (secondary N) is 1. The molecule has 0 amide bonds. The molecule has 1 N–H and O–H groups in total. The van der Waals surface area contributed by atoms with Gasteiger partial charge in [0, 0.05) is 17.5 Å². The van der Waals surface area contributed by atoms with Crippen molar-refractivity contribution in [1.82, 2.24) is 9.97 Å². The van der Waals surface area contributed by atoms with Crippen LogP contribution in [0.15, 0.2) is 72.8 Å². The van der Waals surface area contributed by atoms with E-state index >= 15 is 0 Å². The maximum absolute atomic E-state index is 14.3. The van der Waals surface area contributed by atoms with Crippen molar-refractivity contribution < 1.29 is 8.78 Å². The molecule has 1 heterocycles. The fraction of sp³-hybridized carbons (Fsp3) is 0.167. The van der Waals surface area contributed by atoms with Gasteiger partial charge in [0.15, 0.2) is 5.82 Å². The highest BCUT2D eigenvalue weighted by molar-refractivity contribution is 5.90. The molecule has 0 saturated heterocycles. The van der Waals surface area contributed by atoms with Gasteiger partial charge in [0.25, 0.3) is 0 Å². The molecule has 146 valence electrons. The van der Waals surface area contributed by atoms with E-state index in [0.717, 1.165) is 24.3 Å². The average molecular weight is 389 g/mol. The van der Waals surface area contributed by atoms with Crippen molar-refractivity contribution in [3.63, 3.8) is 0 Å². The van der Waals surface area contributed by atoms with Crippen molar-refractivity contribution in [2.45, 2.75) is 25.8 Å². The predicted molar refractivity (Wildman–Crippen MR) is 113 cm³/mol. The molecule has 5 heteroatoms. The van der Waals surface area contributed by atoms with Crippen molar-refractivity contribution in [1.29, 1.82) is 0 Å². The van der Waals surface area contributed by atoms with E-state index in [1.54, 1.807) is 0 Å². The third kappa shape index (κ3) is 4.40. The van der Waals surface area contributed by atoms with Gasteiger partial charge in [-0.1, -0.05) is 42.5 Å². The lowest BCUT2D eigenvalue weighted by molar-refractivity contribution is 0.585. The average Bonchev–Trinajstić information content (AvgIpc) is 2.73. The van der Waals surface area contributed by atoms with Crippen molar-refractivity contribution in [2.24, 2.45) is 0 Å². The molecule has 29 heavy (non-hydrogen) atoms. The monoisotopic (exact) mass is 389 g/mol. The molecule has 0 radical (unpaired) electrons. The first-order valence-corrected chi connectivity index (χ1v) is 9.63. The molecular formula is C24H21F2N3. The van der Waals surface area contributed by atoms with Crippen LogP contribution in [0, 0.1) is 11.6 Å². The lowest BCUT2D eigenvalue weighted by atomic mass is 10.1. The predicted octanol–water partition coefficient (Wildman–Crippen LogP) is 6.01. The van der Waals surface area contributed by atoms with Crippen LogP contribution in [0.3, 0.4) is 0 Å². The summed E-state index contributed by atoms with van der Waals surface area (Å²) in [4.78, 5) is 9.06. The number of rotatable bonds is 6. The highest BCUT2D eigenvalue weighted by atomic mass is 19.1. The number of benzene rings is 3. The molecule has 1 unspecified atom stereocenters. The van der Waals surface area contributed by atoms with Gasteiger partial charge in [-0.05, 0) is 49.6 Å². The van der Waals surface area contributed by atoms with E-state index in [1.807, 2.05) is 42.5 Å². The summed E-state index contributed by atoms with van der Waals surface area (Å²) in [6, 6.07) is 21.5. The lowest BCUT2D eigenvalue weighted by Gasteiger charge is -2.17. The number of hydrogen-bond donors (Lipinski definition) is 1. The topological polar surface area (TPSA) is 37.8 Å². The third-order valence-electron chi connectivity index (χ3n) is 4.87. The zero-order chi connectivity index (χ0) is 20.2. The largest absolute Gasteiger partial charge is 0.367 e. The molecule has 0 spiro atoms. The standard InChI is InChI=1S/C24H21F2N3/c1-16(11-12-17-7-3-2-4-8-17)27-24-20-9-5-6-10-22(20)28-23(29-24)19-14-13-18(25)15-21(19)26/h2-10,13-16H,11-12H2,1H3,(H,27,28,29). The van der Waals surface area contributed by atoms with Gasteiger partial charge in [-0.2, -0.15) is 0 Å². The second kappa shape index (κ2) is 8.35. The minimum atomic E-state index is -0.677. The number of anilines is 1. The minimum absolute atomic E-state index is 0.152. The Morgan fingerprint density at radius 3 is 2.45 bits per heavy atom. The number of halogens is 2. The van der Waals surface area contributed by atoms with Crippen LogP contribution in [0.2, 0.25) is 0 Å². The summed E-state index contributed by atoms with van der Waals surface area (Å²) >= 11 is 0. The molecule has 1 aromatic heterocycles. The van der Waals surface area contributed by atoms with Crippen molar-refractivity contribution in [3.05, 3.63) is 90.0 Å². The Morgan fingerprint density at radius 1 is 0.897 bits per heavy atom. The SMILES string of the molecule is CC(CCc1ccccc1)Nc1nc(-c2ccc(F)cc2F)nc2ccccc12. The third-order valence-corrected chi connectivity index (χ3v) is 4.87.